The molecule has 0 bridgehead atoms. The van der Waals surface area contributed by atoms with Crippen molar-refractivity contribution in [1.29, 1.82) is 5.41 Å². The third kappa shape index (κ3) is 5.51. The molecule has 0 saturated carbocycles. The fourth-order valence-corrected chi connectivity index (χ4v) is 5.16. The molecule has 4 aromatic rings. The number of nitrogens with zero attached hydrogens (tertiary/aromatic N) is 4. The molecule has 10 nitrogen and oxygen atoms in total. The first-order valence-electron chi connectivity index (χ1n) is 13.3. The summed E-state index contributed by atoms with van der Waals surface area (Å²) in [6.45, 7) is 3.68. The third-order valence-electron chi connectivity index (χ3n) is 7.30. The van der Waals surface area contributed by atoms with Gasteiger partial charge in [-0.1, -0.05) is 18.6 Å². The Labute approximate surface area is 226 Å². The van der Waals surface area contributed by atoms with Gasteiger partial charge in [0, 0.05) is 25.8 Å². The summed E-state index contributed by atoms with van der Waals surface area (Å²) in [6, 6.07) is 12.5. The van der Waals surface area contributed by atoms with Gasteiger partial charge in [0.15, 0.2) is 11.5 Å². The van der Waals surface area contributed by atoms with Crippen molar-refractivity contribution in [3.63, 3.8) is 0 Å². The lowest BCUT2D eigenvalue weighted by Gasteiger charge is -2.26. The Balaban J connectivity index is 1.50. The van der Waals surface area contributed by atoms with Gasteiger partial charge in [-0.15, -0.1) is 0 Å². The zero-order valence-electron chi connectivity index (χ0n) is 22.4. The van der Waals surface area contributed by atoms with Gasteiger partial charge in [0.05, 0.1) is 25.2 Å². The number of fused-ring (bicyclic) bond motifs is 2. The highest BCUT2D eigenvalue weighted by Gasteiger charge is 2.18. The summed E-state index contributed by atoms with van der Waals surface area (Å²) in [5.41, 5.74) is 1.71. The van der Waals surface area contributed by atoms with Crippen LogP contribution in [0.5, 0.6) is 11.5 Å². The lowest BCUT2D eigenvalue weighted by Crippen LogP contribution is -2.40. The van der Waals surface area contributed by atoms with Crippen LogP contribution in [-0.2, 0) is 13.0 Å². The van der Waals surface area contributed by atoms with Crippen LogP contribution >= 0.6 is 0 Å². The predicted molar refractivity (Wildman–Crippen MR) is 149 cm³/mol. The number of hydrogen-bond donors (Lipinski definition) is 2. The lowest BCUT2D eigenvalue weighted by atomic mass is 10.1. The minimum absolute atomic E-state index is 0.0191. The summed E-state index contributed by atoms with van der Waals surface area (Å²) in [7, 11) is 3.17. The number of likely N-dealkylation sites (tertiary alicyclic amines) is 1. The molecule has 1 saturated heterocycles. The summed E-state index contributed by atoms with van der Waals surface area (Å²) in [5.74, 6) is 0.876. The summed E-state index contributed by atoms with van der Waals surface area (Å²) >= 11 is 0. The number of carbonyl (C=O) groups excluding carboxylic acids is 1. The maximum absolute atomic E-state index is 13.5. The summed E-state index contributed by atoms with van der Waals surface area (Å²) < 4.78 is 13.9. The molecule has 2 N–H and O–H groups in total. The molecule has 5 rings (SSSR count). The minimum atomic E-state index is -0.365. The normalized spacial score (nSPS) is 14.0. The lowest BCUT2D eigenvalue weighted by molar-refractivity contribution is 0.0944. The Morgan fingerprint density at radius 1 is 1.03 bits per heavy atom. The van der Waals surface area contributed by atoms with Crippen molar-refractivity contribution in [2.45, 2.75) is 32.2 Å². The van der Waals surface area contributed by atoms with Crippen LogP contribution in [0.4, 0.5) is 0 Å². The van der Waals surface area contributed by atoms with Gasteiger partial charge in [-0.2, -0.15) is 0 Å². The molecule has 1 fully saturated rings. The van der Waals surface area contributed by atoms with E-state index in [0.717, 1.165) is 25.2 Å². The molecule has 0 aliphatic carbocycles. The second-order valence-electron chi connectivity index (χ2n) is 9.74. The number of carbonyl (C=O) groups is 1. The Kier molecular flexibility index (Phi) is 7.92. The van der Waals surface area contributed by atoms with Crippen molar-refractivity contribution in [2.75, 3.05) is 40.4 Å². The average molecular weight is 531 g/mol. The number of aromatic nitrogens is 3. The fourth-order valence-electron chi connectivity index (χ4n) is 5.16. The molecule has 0 atom stereocenters. The molecule has 1 aliphatic rings. The summed E-state index contributed by atoms with van der Waals surface area (Å²) in [5, 5.41) is 12.2. The van der Waals surface area contributed by atoms with Gasteiger partial charge in [0.2, 0.25) is 0 Å². The molecule has 0 spiro atoms. The number of pyridine rings is 2. The maximum atomic E-state index is 13.5. The molecule has 1 aliphatic heterocycles. The second-order valence-corrected chi connectivity index (χ2v) is 9.74. The van der Waals surface area contributed by atoms with Gasteiger partial charge < -0.3 is 24.3 Å². The first-order valence-corrected chi connectivity index (χ1v) is 13.3. The van der Waals surface area contributed by atoms with Crippen LogP contribution in [0.1, 0.15) is 35.2 Å². The number of benzene rings is 1. The molecule has 10 heteroatoms. The SMILES string of the molecule is COc1ccc(CCn2c(=N)c(C(=O)NCCN3CCCCC3)cc3c(=O)n4ccccc4nc32)cc1OC. The van der Waals surface area contributed by atoms with E-state index < -0.39 is 0 Å². The first-order chi connectivity index (χ1) is 19.0. The van der Waals surface area contributed by atoms with E-state index in [0.29, 0.717) is 47.7 Å². The van der Waals surface area contributed by atoms with E-state index in [1.165, 1.54) is 29.7 Å². The number of methoxy groups -OCH3 is 2. The molecule has 0 unspecified atom stereocenters. The molecular weight excluding hydrogens is 496 g/mol. The van der Waals surface area contributed by atoms with Crippen LogP contribution in [0.25, 0.3) is 16.7 Å². The second kappa shape index (κ2) is 11.7. The number of aryl methyl sites for hydroxylation is 2. The number of piperidine rings is 1. The molecular formula is C29H34N6O4. The van der Waals surface area contributed by atoms with E-state index >= 15 is 0 Å². The van der Waals surface area contributed by atoms with Crippen molar-refractivity contribution in [2.24, 2.45) is 0 Å². The monoisotopic (exact) mass is 530 g/mol. The average Bonchev–Trinajstić information content (AvgIpc) is 2.97. The smallest absolute Gasteiger partial charge is 0.267 e. The van der Waals surface area contributed by atoms with Gasteiger partial charge in [0.25, 0.3) is 11.5 Å². The molecule has 3 aromatic heterocycles. The fraction of sp³-hybridized carbons (Fsp3) is 0.379. The third-order valence-corrected chi connectivity index (χ3v) is 7.30. The number of amides is 1. The van der Waals surface area contributed by atoms with E-state index in [9.17, 15) is 9.59 Å². The molecule has 204 valence electrons. The number of rotatable bonds is 9. The van der Waals surface area contributed by atoms with Gasteiger partial charge in [-0.3, -0.25) is 19.4 Å². The summed E-state index contributed by atoms with van der Waals surface area (Å²) in [6.07, 6.45) is 5.80. The maximum Gasteiger partial charge on any atom is 0.267 e. The zero-order valence-corrected chi connectivity index (χ0v) is 22.4. The quantitative estimate of drug-likeness (QED) is 0.322. The van der Waals surface area contributed by atoms with Crippen molar-refractivity contribution in [3.05, 3.63) is 75.6 Å². The van der Waals surface area contributed by atoms with Crippen molar-refractivity contribution in [1.82, 2.24) is 24.2 Å². The van der Waals surface area contributed by atoms with Crippen molar-refractivity contribution in [3.8, 4) is 11.5 Å². The van der Waals surface area contributed by atoms with E-state index in [2.05, 4.69) is 10.2 Å². The van der Waals surface area contributed by atoms with E-state index in [1.807, 2.05) is 24.3 Å². The molecule has 39 heavy (non-hydrogen) atoms. The van der Waals surface area contributed by atoms with Crippen LogP contribution in [0, 0.1) is 5.41 Å². The Morgan fingerprint density at radius 3 is 2.59 bits per heavy atom. The van der Waals surface area contributed by atoms with Gasteiger partial charge in [-0.05, 0) is 68.2 Å². The number of hydrogen-bond acceptors (Lipinski definition) is 7. The Hall–Kier alpha value is -4.18. The number of nitrogens with one attached hydrogen (secondary N) is 2. The van der Waals surface area contributed by atoms with E-state index in [4.69, 9.17) is 19.9 Å². The highest BCUT2D eigenvalue weighted by Crippen LogP contribution is 2.28. The molecule has 1 aromatic carbocycles. The predicted octanol–water partition coefficient (Wildman–Crippen LogP) is 2.60. The molecule has 1 amide bonds. The Morgan fingerprint density at radius 2 is 1.82 bits per heavy atom. The van der Waals surface area contributed by atoms with Crippen LogP contribution in [0.3, 0.4) is 0 Å². The standard InChI is InChI=1S/C29H34N6O4/c1-38-23-10-9-20(18-24(23)39-2)11-16-35-26(30)21(28(36)31-12-17-33-13-5-3-6-14-33)19-22-27(35)32-25-8-4-7-15-34(25)29(22)37/h4,7-10,15,18-19,30H,3,5-6,11-14,16-17H2,1-2H3,(H,31,36). The number of ether oxygens (including phenoxy) is 2. The molecule has 0 radical (unpaired) electrons. The van der Waals surface area contributed by atoms with Crippen molar-refractivity contribution >= 4 is 22.6 Å². The largest absolute Gasteiger partial charge is 0.493 e. The van der Waals surface area contributed by atoms with Crippen molar-refractivity contribution < 1.29 is 14.3 Å². The van der Waals surface area contributed by atoms with Gasteiger partial charge in [0.1, 0.15) is 16.8 Å². The van der Waals surface area contributed by atoms with Crippen LogP contribution < -0.4 is 25.8 Å². The van der Waals surface area contributed by atoms with E-state index in [1.54, 1.807) is 37.1 Å². The van der Waals surface area contributed by atoms with Crippen LogP contribution in [0.2, 0.25) is 0 Å². The first kappa shape index (κ1) is 26.4. The Bertz CT molecular complexity index is 1620. The topological polar surface area (TPSA) is 114 Å². The van der Waals surface area contributed by atoms with E-state index in [-0.39, 0.29) is 22.5 Å². The summed E-state index contributed by atoms with van der Waals surface area (Å²) in [4.78, 5) is 33.8. The van der Waals surface area contributed by atoms with Gasteiger partial charge in [-0.25, -0.2) is 4.98 Å². The highest BCUT2D eigenvalue weighted by molar-refractivity contribution is 5.96. The zero-order chi connectivity index (χ0) is 27.4. The minimum Gasteiger partial charge on any atom is -0.493 e. The molecule has 4 heterocycles. The van der Waals surface area contributed by atoms with Crippen LogP contribution in [0.15, 0.2) is 53.5 Å². The van der Waals surface area contributed by atoms with Gasteiger partial charge >= 0.3 is 0 Å². The van der Waals surface area contributed by atoms with Crippen LogP contribution in [-0.4, -0.2) is 65.2 Å². The highest BCUT2D eigenvalue weighted by atomic mass is 16.5.